The van der Waals surface area contributed by atoms with Crippen molar-refractivity contribution in [1.82, 2.24) is 9.91 Å². The molecule has 0 bridgehead atoms. The molecule has 6 nitrogen and oxygen atoms in total. The predicted octanol–water partition coefficient (Wildman–Crippen LogP) is 1.87. The van der Waals surface area contributed by atoms with Crippen LogP contribution in [-0.2, 0) is 4.74 Å². The quantitative estimate of drug-likeness (QED) is 0.921. The third kappa shape index (κ3) is 2.62. The highest BCUT2D eigenvalue weighted by atomic mass is 16.5. The fourth-order valence-electron chi connectivity index (χ4n) is 2.99. The number of hydrogen-bond donors (Lipinski definition) is 1. The zero-order valence-electron chi connectivity index (χ0n) is 14.4. The van der Waals surface area contributed by atoms with Crippen LogP contribution in [0.2, 0.25) is 0 Å². The summed E-state index contributed by atoms with van der Waals surface area (Å²) in [6, 6.07) is 8.41. The van der Waals surface area contributed by atoms with E-state index in [2.05, 4.69) is 36.3 Å². The van der Waals surface area contributed by atoms with Crippen LogP contribution in [0.4, 0.5) is 0 Å². The van der Waals surface area contributed by atoms with Gasteiger partial charge in [-0.2, -0.15) is 0 Å². The summed E-state index contributed by atoms with van der Waals surface area (Å²) >= 11 is 0. The average Bonchev–Trinajstić information content (AvgIpc) is 3.34. The van der Waals surface area contributed by atoms with Gasteiger partial charge in [0, 0.05) is 20.0 Å². The molecule has 1 aromatic rings. The molecule has 0 aromatic heterocycles. The van der Waals surface area contributed by atoms with Crippen LogP contribution in [0.15, 0.2) is 45.9 Å². The number of hydrazone groups is 1. The van der Waals surface area contributed by atoms with E-state index in [0.29, 0.717) is 18.3 Å². The molecule has 1 atom stereocenters. The number of ether oxygens (including phenoxy) is 1. The van der Waals surface area contributed by atoms with Crippen molar-refractivity contribution in [2.45, 2.75) is 26.0 Å². The van der Waals surface area contributed by atoms with Crippen molar-refractivity contribution in [2.75, 3.05) is 20.6 Å². The average molecular weight is 325 g/mol. The third-order valence-electron chi connectivity index (χ3n) is 4.69. The topological polar surface area (TPSA) is 66.5 Å². The van der Waals surface area contributed by atoms with E-state index in [1.807, 2.05) is 24.0 Å². The highest BCUT2D eigenvalue weighted by Gasteiger charge is 2.39. The monoisotopic (exact) mass is 325 g/mol. The van der Waals surface area contributed by atoms with E-state index in [1.54, 1.807) is 0 Å². The minimum absolute atomic E-state index is 0.344. The van der Waals surface area contributed by atoms with Gasteiger partial charge in [-0.25, -0.2) is 4.99 Å². The molecule has 24 heavy (non-hydrogen) atoms. The van der Waals surface area contributed by atoms with Crippen LogP contribution in [0.5, 0.6) is 0 Å². The summed E-state index contributed by atoms with van der Waals surface area (Å²) < 4.78 is 6.06. The zero-order chi connectivity index (χ0) is 16.8. The number of benzene rings is 1. The zero-order valence-corrected chi connectivity index (χ0v) is 14.4. The van der Waals surface area contributed by atoms with Crippen molar-refractivity contribution < 1.29 is 4.74 Å². The highest BCUT2D eigenvalue weighted by molar-refractivity contribution is 6.03. The number of aliphatic imine (C=N–C) groups is 1. The van der Waals surface area contributed by atoms with Crippen molar-refractivity contribution in [3.63, 3.8) is 0 Å². The molecule has 1 aliphatic carbocycles. The number of aryl methyl sites for hydroxylation is 1. The molecular weight excluding hydrogens is 302 g/mol. The molecule has 1 aromatic carbocycles. The molecule has 0 spiro atoms. The Hall–Kier alpha value is -2.50. The standard InChI is InChI=1S/C18H23N5O/c1-11-4-6-12(7-5-11)14-10-22(2)16(19)15(20-14)18-23(3)21-17(24-18)13-8-9-13/h4-7,13,18H,8-10,19H2,1-3H3. The van der Waals surface area contributed by atoms with Gasteiger partial charge >= 0.3 is 0 Å². The van der Waals surface area contributed by atoms with Gasteiger partial charge in [-0.05, 0) is 25.3 Å². The number of nitrogens with two attached hydrogens (primary N) is 1. The molecule has 6 heteroatoms. The maximum absolute atomic E-state index is 6.31. The molecule has 3 aliphatic rings. The maximum Gasteiger partial charge on any atom is 0.235 e. The molecular formula is C18H23N5O. The van der Waals surface area contributed by atoms with E-state index < -0.39 is 0 Å². The maximum atomic E-state index is 6.31. The van der Waals surface area contributed by atoms with Crippen molar-refractivity contribution >= 4 is 11.6 Å². The molecule has 126 valence electrons. The molecule has 1 fully saturated rings. The molecule has 0 saturated heterocycles. The SMILES string of the molecule is Cc1ccc(C2=NC(C3OC(C4CC4)=NN3C)=C(N)N(C)C2)cc1. The fraction of sp³-hybridized carbons (Fsp3) is 0.444. The van der Waals surface area contributed by atoms with Crippen LogP contribution in [0.25, 0.3) is 0 Å². The second-order valence-electron chi connectivity index (χ2n) is 6.81. The number of likely N-dealkylation sites (N-methyl/N-ethyl adjacent to an activating group) is 2. The minimum Gasteiger partial charge on any atom is -0.448 e. The highest BCUT2D eigenvalue weighted by Crippen LogP contribution is 2.36. The van der Waals surface area contributed by atoms with E-state index in [0.717, 1.165) is 35.7 Å². The van der Waals surface area contributed by atoms with Crippen LogP contribution in [0.3, 0.4) is 0 Å². The van der Waals surface area contributed by atoms with Gasteiger partial charge in [0.1, 0.15) is 11.5 Å². The van der Waals surface area contributed by atoms with E-state index in [9.17, 15) is 0 Å². The lowest BCUT2D eigenvalue weighted by molar-refractivity contribution is 0.104. The molecule has 2 heterocycles. The largest absolute Gasteiger partial charge is 0.448 e. The fourth-order valence-corrected chi connectivity index (χ4v) is 2.99. The van der Waals surface area contributed by atoms with Crippen molar-refractivity contribution in [3.8, 4) is 0 Å². The Morgan fingerprint density at radius 1 is 1.17 bits per heavy atom. The second-order valence-corrected chi connectivity index (χ2v) is 6.81. The summed E-state index contributed by atoms with van der Waals surface area (Å²) in [5, 5.41) is 6.35. The number of rotatable bonds is 3. The summed E-state index contributed by atoms with van der Waals surface area (Å²) in [6.07, 6.45) is 1.97. The molecule has 1 unspecified atom stereocenters. The van der Waals surface area contributed by atoms with Gasteiger partial charge in [-0.3, -0.25) is 5.01 Å². The Morgan fingerprint density at radius 3 is 2.54 bits per heavy atom. The first-order valence-electron chi connectivity index (χ1n) is 8.36. The molecule has 2 aliphatic heterocycles. The Balaban J connectivity index is 1.65. The first-order chi connectivity index (χ1) is 11.5. The van der Waals surface area contributed by atoms with Gasteiger partial charge in [-0.15, -0.1) is 5.10 Å². The summed E-state index contributed by atoms with van der Waals surface area (Å²) in [5.74, 6) is 1.94. The lowest BCUT2D eigenvalue weighted by atomic mass is 10.1. The van der Waals surface area contributed by atoms with Crippen LogP contribution in [-0.4, -0.2) is 48.4 Å². The van der Waals surface area contributed by atoms with Crippen LogP contribution in [0.1, 0.15) is 24.0 Å². The van der Waals surface area contributed by atoms with E-state index in [-0.39, 0.29) is 6.23 Å². The predicted molar refractivity (Wildman–Crippen MR) is 94.4 cm³/mol. The Bertz CT molecular complexity index is 745. The van der Waals surface area contributed by atoms with Gasteiger partial charge in [0.2, 0.25) is 12.1 Å². The van der Waals surface area contributed by atoms with E-state index in [1.165, 1.54) is 5.56 Å². The van der Waals surface area contributed by atoms with Crippen LogP contribution >= 0.6 is 0 Å². The lowest BCUT2D eigenvalue weighted by Crippen LogP contribution is -2.39. The number of nitrogens with zero attached hydrogens (tertiary/aromatic N) is 4. The second kappa shape index (κ2) is 5.54. The smallest absolute Gasteiger partial charge is 0.235 e. The van der Waals surface area contributed by atoms with Crippen LogP contribution < -0.4 is 5.73 Å². The lowest BCUT2D eigenvalue weighted by Gasteiger charge is -2.30. The number of hydrogen-bond acceptors (Lipinski definition) is 6. The molecule has 2 N–H and O–H groups in total. The third-order valence-corrected chi connectivity index (χ3v) is 4.69. The normalized spacial score (nSPS) is 24.0. The Morgan fingerprint density at radius 2 is 1.88 bits per heavy atom. The Kier molecular flexibility index (Phi) is 3.48. The van der Waals surface area contributed by atoms with Crippen LogP contribution in [0, 0.1) is 12.8 Å². The summed E-state index contributed by atoms with van der Waals surface area (Å²) in [6.45, 7) is 2.77. The molecule has 4 rings (SSSR count). The molecule has 0 amide bonds. The molecule has 0 radical (unpaired) electrons. The Labute approximate surface area is 142 Å². The first kappa shape index (κ1) is 15.1. The van der Waals surface area contributed by atoms with Gasteiger partial charge in [-0.1, -0.05) is 29.8 Å². The van der Waals surface area contributed by atoms with Crippen molar-refractivity contribution in [2.24, 2.45) is 21.7 Å². The van der Waals surface area contributed by atoms with Gasteiger partial charge in [0.25, 0.3) is 0 Å². The van der Waals surface area contributed by atoms with Gasteiger partial charge in [0.05, 0.1) is 12.3 Å². The minimum atomic E-state index is -0.344. The summed E-state index contributed by atoms with van der Waals surface area (Å²) in [7, 11) is 3.89. The van der Waals surface area contributed by atoms with Gasteiger partial charge in [0.15, 0.2) is 0 Å². The van der Waals surface area contributed by atoms with Crippen molar-refractivity contribution in [3.05, 3.63) is 46.9 Å². The molecule has 1 saturated carbocycles. The van der Waals surface area contributed by atoms with Gasteiger partial charge < -0.3 is 15.4 Å². The van der Waals surface area contributed by atoms with E-state index >= 15 is 0 Å². The van der Waals surface area contributed by atoms with Crippen molar-refractivity contribution in [1.29, 1.82) is 0 Å². The first-order valence-corrected chi connectivity index (χ1v) is 8.36. The van der Waals surface area contributed by atoms with E-state index in [4.69, 9.17) is 15.5 Å². The summed E-state index contributed by atoms with van der Waals surface area (Å²) in [5.41, 5.74) is 10.4. The summed E-state index contributed by atoms with van der Waals surface area (Å²) in [4.78, 5) is 6.87.